The summed E-state index contributed by atoms with van der Waals surface area (Å²) in [6.07, 6.45) is 2.14. The third-order valence-electron chi connectivity index (χ3n) is 2.47. The first-order valence-corrected chi connectivity index (χ1v) is 5.31. The van der Waals surface area contributed by atoms with E-state index in [1.165, 1.54) is 16.9 Å². The van der Waals surface area contributed by atoms with Crippen molar-refractivity contribution in [2.45, 2.75) is 13.1 Å². The van der Waals surface area contributed by atoms with Gasteiger partial charge < -0.3 is 9.88 Å². The van der Waals surface area contributed by atoms with Crippen LogP contribution in [0.25, 0.3) is 0 Å². The maximum absolute atomic E-state index is 3.44. The van der Waals surface area contributed by atoms with Gasteiger partial charge in [-0.2, -0.15) is 0 Å². The van der Waals surface area contributed by atoms with Crippen molar-refractivity contribution in [3.63, 3.8) is 0 Å². The predicted octanol–water partition coefficient (Wildman–Crippen LogP) is 2.52. The quantitative estimate of drug-likeness (QED) is 0.675. The summed E-state index contributed by atoms with van der Waals surface area (Å²) in [5.41, 5.74) is 4.06. The van der Waals surface area contributed by atoms with E-state index >= 15 is 0 Å². The fourth-order valence-corrected chi connectivity index (χ4v) is 2.54. The number of anilines is 1. The Labute approximate surface area is 80.8 Å². The van der Waals surface area contributed by atoms with Crippen molar-refractivity contribution in [2.24, 2.45) is 0 Å². The Morgan fingerprint density at radius 1 is 1.38 bits per heavy atom. The van der Waals surface area contributed by atoms with Crippen LogP contribution in [0.5, 0.6) is 0 Å². The highest BCUT2D eigenvalue weighted by Crippen LogP contribution is 2.25. The number of rotatable bonds is 0. The molecule has 0 atom stereocenters. The lowest BCUT2D eigenvalue weighted by molar-refractivity contribution is 0.774. The topological polar surface area (TPSA) is 17.0 Å². The summed E-state index contributed by atoms with van der Waals surface area (Å²) in [5.74, 6) is 0. The fourth-order valence-electron chi connectivity index (χ4n) is 1.73. The molecule has 0 aromatic carbocycles. The minimum absolute atomic E-state index is 0.941. The van der Waals surface area contributed by atoms with E-state index in [1.807, 2.05) is 0 Å². The monoisotopic (exact) mass is 190 g/mol. The van der Waals surface area contributed by atoms with Crippen molar-refractivity contribution in [2.75, 3.05) is 5.32 Å². The van der Waals surface area contributed by atoms with Crippen molar-refractivity contribution in [3.8, 4) is 0 Å². The number of fused-ring (bicyclic) bond motifs is 2. The van der Waals surface area contributed by atoms with Crippen molar-refractivity contribution in [3.05, 3.63) is 40.3 Å². The molecule has 2 aromatic heterocycles. The second kappa shape index (κ2) is 2.64. The molecule has 0 spiro atoms. The maximum Gasteiger partial charge on any atom is 0.0553 e. The second-order valence-electron chi connectivity index (χ2n) is 3.29. The van der Waals surface area contributed by atoms with E-state index in [0.717, 1.165) is 13.1 Å². The molecule has 2 nitrogen and oxygen atoms in total. The molecule has 13 heavy (non-hydrogen) atoms. The van der Waals surface area contributed by atoms with Crippen molar-refractivity contribution >= 4 is 17.0 Å². The Morgan fingerprint density at radius 3 is 3.38 bits per heavy atom. The number of nitrogens with one attached hydrogen (secondary N) is 1. The number of nitrogens with zero attached hydrogens (tertiary/aromatic N) is 1. The Hall–Kier alpha value is -1.22. The molecule has 3 heterocycles. The van der Waals surface area contributed by atoms with Gasteiger partial charge in [0.25, 0.3) is 0 Å². The molecule has 0 amide bonds. The minimum atomic E-state index is 0.941. The molecule has 0 saturated heterocycles. The molecule has 1 aliphatic heterocycles. The second-order valence-corrected chi connectivity index (χ2v) is 4.04. The van der Waals surface area contributed by atoms with E-state index in [0.29, 0.717) is 0 Å². The average Bonchev–Trinajstić information content (AvgIpc) is 2.72. The van der Waals surface area contributed by atoms with Crippen molar-refractivity contribution < 1.29 is 0 Å². The zero-order chi connectivity index (χ0) is 8.67. The van der Waals surface area contributed by atoms with Crippen LogP contribution < -0.4 is 5.32 Å². The molecule has 2 aromatic rings. The van der Waals surface area contributed by atoms with Crippen LogP contribution in [0.15, 0.2) is 29.1 Å². The van der Waals surface area contributed by atoms with Crippen LogP contribution in [-0.2, 0) is 13.1 Å². The SMILES string of the molecule is c1cc2n(c1)Cc1cscc1NC2. The Bertz CT molecular complexity index is 387. The van der Waals surface area contributed by atoms with Gasteiger partial charge in [0, 0.05) is 22.8 Å². The highest BCUT2D eigenvalue weighted by Gasteiger charge is 2.11. The van der Waals surface area contributed by atoms with E-state index < -0.39 is 0 Å². The lowest BCUT2D eigenvalue weighted by Crippen LogP contribution is -2.01. The molecule has 0 aliphatic carbocycles. The van der Waals surface area contributed by atoms with Gasteiger partial charge in [0.2, 0.25) is 0 Å². The zero-order valence-corrected chi connectivity index (χ0v) is 7.97. The highest BCUT2D eigenvalue weighted by molar-refractivity contribution is 7.08. The van der Waals surface area contributed by atoms with Gasteiger partial charge >= 0.3 is 0 Å². The Kier molecular flexibility index (Phi) is 1.46. The third-order valence-corrected chi connectivity index (χ3v) is 3.26. The molecule has 0 bridgehead atoms. The summed E-state index contributed by atoms with van der Waals surface area (Å²) in [6, 6.07) is 4.27. The van der Waals surface area contributed by atoms with Crippen LogP contribution in [-0.4, -0.2) is 4.57 Å². The highest BCUT2D eigenvalue weighted by atomic mass is 32.1. The summed E-state index contributed by atoms with van der Waals surface area (Å²) < 4.78 is 2.30. The summed E-state index contributed by atoms with van der Waals surface area (Å²) >= 11 is 1.77. The Balaban J connectivity index is 2.10. The van der Waals surface area contributed by atoms with Crippen LogP contribution >= 0.6 is 11.3 Å². The first-order chi connectivity index (χ1) is 6.43. The van der Waals surface area contributed by atoms with Crippen molar-refractivity contribution in [1.29, 1.82) is 0 Å². The van der Waals surface area contributed by atoms with Gasteiger partial charge in [0.05, 0.1) is 18.8 Å². The molecule has 1 aliphatic rings. The third kappa shape index (κ3) is 1.08. The van der Waals surface area contributed by atoms with Gasteiger partial charge in [-0.3, -0.25) is 0 Å². The number of thiophene rings is 1. The Morgan fingerprint density at radius 2 is 2.38 bits per heavy atom. The summed E-state index contributed by atoms with van der Waals surface area (Å²) in [7, 11) is 0. The van der Waals surface area contributed by atoms with Gasteiger partial charge in [-0.1, -0.05) is 0 Å². The molecule has 1 N–H and O–H groups in total. The van der Waals surface area contributed by atoms with Crippen LogP contribution in [0.4, 0.5) is 5.69 Å². The van der Waals surface area contributed by atoms with Gasteiger partial charge in [0.15, 0.2) is 0 Å². The largest absolute Gasteiger partial charge is 0.379 e. The van der Waals surface area contributed by atoms with E-state index in [1.54, 1.807) is 11.3 Å². The van der Waals surface area contributed by atoms with E-state index in [9.17, 15) is 0 Å². The van der Waals surface area contributed by atoms with Gasteiger partial charge in [-0.15, -0.1) is 11.3 Å². The summed E-state index contributed by atoms with van der Waals surface area (Å²) in [5, 5.41) is 7.84. The number of hydrogen-bond donors (Lipinski definition) is 1. The molecule has 3 heteroatoms. The molecular weight excluding hydrogens is 180 g/mol. The lowest BCUT2D eigenvalue weighted by atomic mass is 10.3. The normalized spacial score (nSPS) is 14.2. The van der Waals surface area contributed by atoms with Crippen LogP contribution in [0.3, 0.4) is 0 Å². The van der Waals surface area contributed by atoms with Gasteiger partial charge in [0.1, 0.15) is 0 Å². The van der Waals surface area contributed by atoms with Crippen molar-refractivity contribution in [1.82, 2.24) is 4.57 Å². The smallest absolute Gasteiger partial charge is 0.0553 e. The lowest BCUT2D eigenvalue weighted by Gasteiger charge is -2.02. The van der Waals surface area contributed by atoms with E-state index in [4.69, 9.17) is 0 Å². The predicted molar refractivity (Wildman–Crippen MR) is 55.2 cm³/mol. The maximum atomic E-state index is 3.44. The number of aromatic nitrogens is 1. The summed E-state index contributed by atoms with van der Waals surface area (Å²) in [4.78, 5) is 0. The number of hydrogen-bond acceptors (Lipinski definition) is 2. The first kappa shape index (κ1) is 7.21. The molecule has 3 rings (SSSR count). The standard InChI is InChI=1S/C10H10N2S/c1-2-9-4-11-10-7-13-6-8(10)5-12(9)3-1/h1-3,6-7,11H,4-5H2. The van der Waals surface area contributed by atoms with Crippen LogP contribution in [0.1, 0.15) is 11.3 Å². The molecule has 0 radical (unpaired) electrons. The van der Waals surface area contributed by atoms with Crippen LogP contribution in [0, 0.1) is 0 Å². The fraction of sp³-hybridized carbons (Fsp3) is 0.200. The minimum Gasteiger partial charge on any atom is -0.379 e. The molecular formula is C10H10N2S. The molecule has 0 unspecified atom stereocenters. The zero-order valence-electron chi connectivity index (χ0n) is 7.16. The first-order valence-electron chi connectivity index (χ1n) is 4.36. The average molecular weight is 190 g/mol. The van der Waals surface area contributed by atoms with Gasteiger partial charge in [-0.25, -0.2) is 0 Å². The van der Waals surface area contributed by atoms with Gasteiger partial charge in [-0.05, 0) is 17.5 Å². The van der Waals surface area contributed by atoms with E-state index in [-0.39, 0.29) is 0 Å². The summed E-state index contributed by atoms with van der Waals surface area (Å²) in [6.45, 7) is 1.95. The molecule has 0 saturated carbocycles. The van der Waals surface area contributed by atoms with Crippen LogP contribution in [0.2, 0.25) is 0 Å². The molecule has 0 fully saturated rings. The molecule has 66 valence electrons. The van der Waals surface area contributed by atoms with E-state index in [2.05, 4.69) is 39.0 Å².